The van der Waals surface area contributed by atoms with Crippen molar-refractivity contribution in [1.29, 1.82) is 0 Å². The molecule has 16 heavy (non-hydrogen) atoms. The molecule has 88 valence electrons. The highest BCUT2D eigenvalue weighted by atomic mass is 16.3. The van der Waals surface area contributed by atoms with Gasteiger partial charge in [-0.2, -0.15) is 0 Å². The van der Waals surface area contributed by atoms with E-state index in [4.69, 9.17) is 0 Å². The summed E-state index contributed by atoms with van der Waals surface area (Å²) in [5, 5.41) is 19.1. The summed E-state index contributed by atoms with van der Waals surface area (Å²) in [5.74, 6) is 0.848. The zero-order valence-corrected chi connectivity index (χ0v) is 9.56. The number of pyridine rings is 1. The van der Waals surface area contributed by atoms with Crippen LogP contribution < -0.4 is 4.90 Å². The zero-order chi connectivity index (χ0) is 11.6. The average molecular weight is 222 g/mol. The highest BCUT2D eigenvalue weighted by molar-refractivity contribution is 5.46. The minimum Gasteiger partial charge on any atom is -0.392 e. The van der Waals surface area contributed by atoms with Crippen molar-refractivity contribution >= 4 is 5.82 Å². The second-order valence-corrected chi connectivity index (χ2v) is 4.63. The SMILES string of the molecule is CC1(O)CCN(c2ncccc2CO)CC1. The van der Waals surface area contributed by atoms with Crippen molar-refractivity contribution in [1.82, 2.24) is 4.98 Å². The van der Waals surface area contributed by atoms with E-state index in [0.29, 0.717) is 0 Å². The molecule has 4 heteroatoms. The van der Waals surface area contributed by atoms with Gasteiger partial charge in [-0.05, 0) is 25.8 Å². The van der Waals surface area contributed by atoms with Crippen LogP contribution in [0.25, 0.3) is 0 Å². The van der Waals surface area contributed by atoms with Crippen LogP contribution in [0.3, 0.4) is 0 Å². The Bertz CT molecular complexity index is 356. The number of rotatable bonds is 2. The summed E-state index contributed by atoms with van der Waals surface area (Å²) in [5.41, 5.74) is 0.300. The molecule has 4 nitrogen and oxygen atoms in total. The van der Waals surface area contributed by atoms with Gasteiger partial charge in [0.05, 0.1) is 12.2 Å². The lowest BCUT2D eigenvalue weighted by atomic mass is 9.94. The molecule has 2 heterocycles. The predicted octanol–water partition coefficient (Wildman–Crippen LogP) is 0.925. The van der Waals surface area contributed by atoms with Gasteiger partial charge in [-0.1, -0.05) is 6.07 Å². The van der Waals surface area contributed by atoms with Gasteiger partial charge in [0.1, 0.15) is 5.82 Å². The van der Waals surface area contributed by atoms with Gasteiger partial charge >= 0.3 is 0 Å². The molecular formula is C12H18N2O2. The van der Waals surface area contributed by atoms with E-state index in [-0.39, 0.29) is 6.61 Å². The van der Waals surface area contributed by atoms with Crippen LogP contribution in [0.15, 0.2) is 18.3 Å². The van der Waals surface area contributed by atoms with E-state index in [1.165, 1.54) is 0 Å². The topological polar surface area (TPSA) is 56.6 Å². The predicted molar refractivity (Wildman–Crippen MR) is 62.2 cm³/mol. The number of aliphatic hydroxyl groups is 2. The number of piperidine rings is 1. The molecule has 0 amide bonds. The summed E-state index contributed by atoms with van der Waals surface area (Å²) in [4.78, 5) is 6.43. The van der Waals surface area contributed by atoms with Crippen LogP contribution in [0.2, 0.25) is 0 Å². The molecule has 1 aromatic heterocycles. The largest absolute Gasteiger partial charge is 0.392 e. The zero-order valence-electron chi connectivity index (χ0n) is 9.56. The van der Waals surface area contributed by atoms with Crippen molar-refractivity contribution < 1.29 is 10.2 Å². The average Bonchev–Trinajstić information content (AvgIpc) is 2.29. The molecule has 1 saturated heterocycles. The number of anilines is 1. The van der Waals surface area contributed by atoms with Crippen LogP contribution >= 0.6 is 0 Å². The smallest absolute Gasteiger partial charge is 0.134 e. The summed E-state index contributed by atoms with van der Waals surface area (Å²) in [7, 11) is 0. The van der Waals surface area contributed by atoms with Crippen LogP contribution in [-0.2, 0) is 6.61 Å². The summed E-state index contributed by atoms with van der Waals surface area (Å²) >= 11 is 0. The third-order valence-corrected chi connectivity index (χ3v) is 3.18. The Labute approximate surface area is 95.5 Å². The maximum atomic E-state index is 9.87. The Kier molecular flexibility index (Phi) is 3.12. The molecule has 0 aliphatic carbocycles. The summed E-state index contributed by atoms with van der Waals surface area (Å²) in [6.07, 6.45) is 3.23. The molecule has 1 fully saturated rings. The first-order valence-corrected chi connectivity index (χ1v) is 5.64. The van der Waals surface area contributed by atoms with Crippen molar-refractivity contribution in [2.24, 2.45) is 0 Å². The van der Waals surface area contributed by atoms with Gasteiger partial charge < -0.3 is 15.1 Å². The molecule has 0 unspecified atom stereocenters. The first-order valence-electron chi connectivity index (χ1n) is 5.64. The molecule has 1 aliphatic rings. The molecule has 2 rings (SSSR count). The Morgan fingerprint density at radius 2 is 2.12 bits per heavy atom. The van der Waals surface area contributed by atoms with Gasteiger partial charge in [-0.25, -0.2) is 4.98 Å². The van der Waals surface area contributed by atoms with Gasteiger partial charge in [0.2, 0.25) is 0 Å². The highest BCUT2D eigenvalue weighted by Gasteiger charge is 2.28. The van der Waals surface area contributed by atoms with Crippen LogP contribution in [0.5, 0.6) is 0 Å². The van der Waals surface area contributed by atoms with E-state index in [1.807, 2.05) is 19.1 Å². The van der Waals surface area contributed by atoms with Crippen molar-refractivity contribution in [3.05, 3.63) is 23.9 Å². The van der Waals surface area contributed by atoms with Crippen LogP contribution in [0, 0.1) is 0 Å². The molecule has 1 aromatic rings. The van der Waals surface area contributed by atoms with Crippen molar-refractivity contribution in [2.75, 3.05) is 18.0 Å². The third-order valence-electron chi connectivity index (χ3n) is 3.18. The van der Waals surface area contributed by atoms with Crippen LogP contribution in [0.4, 0.5) is 5.82 Å². The monoisotopic (exact) mass is 222 g/mol. The maximum Gasteiger partial charge on any atom is 0.134 e. The first-order chi connectivity index (χ1) is 7.62. The van der Waals surface area contributed by atoms with Gasteiger partial charge in [-0.3, -0.25) is 0 Å². The molecule has 2 N–H and O–H groups in total. The number of aliphatic hydroxyl groups excluding tert-OH is 1. The quantitative estimate of drug-likeness (QED) is 0.781. The number of hydrogen-bond acceptors (Lipinski definition) is 4. The second-order valence-electron chi connectivity index (χ2n) is 4.63. The van der Waals surface area contributed by atoms with E-state index in [1.54, 1.807) is 6.20 Å². The Morgan fingerprint density at radius 1 is 1.44 bits per heavy atom. The third kappa shape index (κ3) is 2.33. The minimum atomic E-state index is -0.551. The lowest BCUT2D eigenvalue weighted by Crippen LogP contribution is -2.43. The Morgan fingerprint density at radius 3 is 2.75 bits per heavy atom. The molecular weight excluding hydrogens is 204 g/mol. The molecule has 0 radical (unpaired) electrons. The lowest BCUT2D eigenvalue weighted by Gasteiger charge is -2.37. The number of aromatic nitrogens is 1. The Balaban J connectivity index is 2.14. The van der Waals surface area contributed by atoms with Crippen molar-refractivity contribution in [3.8, 4) is 0 Å². The molecule has 0 bridgehead atoms. The fraction of sp³-hybridized carbons (Fsp3) is 0.583. The maximum absolute atomic E-state index is 9.87. The summed E-state index contributed by atoms with van der Waals surface area (Å²) in [6.45, 7) is 3.46. The fourth-order valence-electron chi connectivity index (χ4n) is 2.04. The minimum absolute atomic E-state index is 0.00999. The standard InChI is InChI=1S/C12H18N2O2/c1-12(16)4-7-14(8-5-12)11-10(9-15)3-2-6-13-11/h2-3,6,15-16H,4-5,7-9H2,1H3. The number of hydrogen-bond donors (Lipinski definition) is 2. The fourth-order valence-corrected chi connectivity index (χ4v) is 2.04. The molecule has 0 spiro atoms. The molecule has 0 saturated carbocycles. The Hall–Kier alpha value is -1.13. The van der Waals surface area contributed by atoms with Crippen LogP contribution in [-0.4, -0.2) is 33.9 Å². The van der Waals surface area contributed by atoms with Gasteiger partial charge in [0.15, 0.2) is 0 Å². The lowest BCUT2D eigenvalue weighted by molar-refractivity contribution is 0.0349. The van der Waals surface area contributed by atoms with E-state index >= 15 is 0 Å². The molecule has 0 atom stereocenters. The van der Waals surface area contributed by atoms with Crippen molar-refractivity contribution in [3.63, 3.8) is 0 Å². The summed E-state index contributed by atoms with van der Waals surface area (Å²) in [6, 6.07) is 3.71. The van der Waals surface area contributed by atoms with E-state index in [9.17, 15) is 10.2 Å². The van der Waals surface area contributed by atoms with E-state index < -0.39 is 5.60 Å². The van der Waals surface area contributed by atoms with Gasteiger partial charge in [0.25, 0.3) is 0 Å². The first kappa shape index (κ1) is 11.4. The molecule has 1 aliphatic heterocycles. The van der Waals surface area contributed by atoms with Gasteiger partial charge in [0, 0.05) is 24.8 Å². The second kappa shape index (κ2) is 4.39. The number of nitrogens with zero attached hydrogens (tertiary/aromatic N) is 2. The van der Waals surface area contributed by atoms with E-state index in [2.05, 4.69) is 9.88 Å². The highest BCUT2D eigenvalue weighted by Crippen LogP contribution is 2.26. The van der Waals surface area contributed by atoms with E-state index in [0.717, 1.165) is 37.3 Å². The molecule has 0 aromatic carbocycles. The van der Waals surface area contributed by atoms with Gasteiger partial charge in [-0.15, -0.1) is 0 Å². The summed E-state index contributed by atoms with van der Waals surface area (Å²) < 4.78 is 0. The van der Waals surface area contributed by atoms with Crippen LogP contribution in [0.1, 0.15) is 25.3 Å². The van der Waals surface area contributed by atoms with Crippen molar-refractivity contribution in [2.45, 2.75) is 32.0 Å². The normalized spacial score (nSPS) is 19.8.